The molecule has 3 aromatic carbocycles. The summed E-state index contributed by atoms with van der Waals surface area (Å²) in [6.07, 6.45) is -0.127. The van der Waals surface area contributed by atoms with E-state index in [1.807, 2.05) is 36.4 Å². The van der Waals surface area contributed by atoms with Crippen molar-refractivity contribution in [2.75, 3.05) is 11.9 Å². The molecule has 0 saturated heterocycles. The van der Waals surface area contributed by atoms with Crippen LogP contribution in [0.25, 0.3) is 0 Å². The Morgan fingerprint density at radius 3 is 2.06 bits per heavy atom. The largest absolute Gasteiger partial charge is 0.457 e. The van der Waals surface area contributed by atoms with E-state index in [1.165, 1.54) is 0 Å². The number of carbonyl (C=O) groups is 3. The summed E-state index contributed by atoms with van der Waals surface area (Å²) in [5, 5.41) is 3.44. The van der Waals surface area contributed by atoms with Gasteiger partial charge in [0.05, 0.1) is 6.42 Å². The molecule has 3 rings (SSSR count). The van der Waals surface area contributed by atoms with E-state index in [0.717, 1.165) is 9.79 Å². The number of rotatable bonds is 9. The predicted octanol–water partition coefficient (Wildman–Crippen LogP) is 5.64. The SMILES string of the molecule is O=C(CCC(=O)OCC(=O)c1ccccc1)Nc1ccc(Sc2ccc(Cl)cc2)cc1. The van der Waals surface area contributed by atoms with E-state index in [0.29, 0.717) is 16.3 Å². The topological polar surface area (TPSA) is 72.5 Å². The van der Waals surface area contributed by atoms with E-state index in [9.17, 15) is 14.4 Å². The van der Waals surface area contributed by atoms with Crippen molar-refractivity contribution in [1.29, 1.82) is 0 Å². The summed E-state index contributed by atoms with van der Waals surface area (Å²) in [5.41, 5.74) is 1.11. The van der Waals surface area contributed by atoms with Gasteiger partial charge in [0.1, 0.15) is 0 Å². The molecule has 0 atom stereocenters. The number of anilines is 1. The molecule has 5 nitrogen and oxygen atoms in total. The Hall–Kier alpha value is -3.09. The average Bonchev–Trinajstić information content (AvgIpc) is 2.79. The maximum atomic E-state index is 12.1. The third-order valence-corrected chi connectivity index (χ3v) is 5.47. The lowest BCUT2D eigenvalue weighted by Crippen LogP contribution is -2.17. The van der Waals surface area contributed by atoms with Crippen molar-refractivity contribution in [1.82, 2.24) is 0 Å². The minimum Gasteiger partial charge on any atom is -0.457 e. The number of ketones is 1. The smallest absolute Gasteiger partial charge is 0.306 e. The number of benzene rings is 3. The van der Waals surface area contributed by atoms with Gasteiger partial charge in [-0.1, -0.05) is 53.7 Å². The molecule has 0 aliphatic carbocycles. The number of halogens is 1. The Morgan fingerprint density at radius 2 is 1.42 bits per heavy atom. The molecule has 0 aliphatic rings. The average molecular weight is 454 g/mol. The maximum Gasteiger partial charge on any atom is 0.306 e. The van der Waals surface area contributed by atoms with Crippen molar-refractivity contribution in [2.45, 2.75) is 22.6 Å². The molecule has 0 unspecified atom stereocenters. The second kappa shape index (κ2) is 11.3. The number of Topliss-reactive ketones (excluding diaryl/α,β-unsaturated/α-hetero) is 1. The van der Waals surface area contributed by atoms with Gasteiger partial charge in [0, 0.05) is 32.5 Å². The molecule has 0 spiro atoms. The van der Waals surface area contributed by atoms with Gasteiger partial charge in [-0.15, -0.1) is 0 Å². The van der Waals surface area contributed by atoms with Crippen molar-refractivity contribution < 1.29 is 19.1 Å². The van der Waals surface area contributed by atoms with Crippen LogP contribution in [0.2, 0.25) is 5.02 Å². The van der Waals surface area contributed by atoms with Gasteiger partial charge in [0.25, 0.3) is 0 Å². The summed E-state index contributed by atoms with van der Waals surface area (Å²) in [6, 6.07) is 23.5. The van der Waals surface area contributed by atoms with Gasteiger partial charge in [-0.3, -0.25) is 14.4 Å². The van der Waals surface area contributed by atoms with Crippen LogP contribution in [-0.4, -0.2) is 24.3 Å². The van der Waals surface area contributed by atoms with Crippen LogP contribution in [-0.2, 0) is 14.3 Å². The number of nitrogens with one attached hydrogen (secondary N) is 1. The number of amides is 1. The molecule has 0 aromatic heterocycles. The molecular weight excluding hydrogens is 434 g/mol. The summed E-state index contributed by atoms with van der Waals surface area (Å²) < 4.78 is 4.96. The first-order chi connectivity index (χ1) is 15.0. The zero-order chi connectivity index (χ0) is 22.1. The number of ether oxygens (including phenoxy) is 1. The highest BCUT2D eigenvalue weighted by molar-refractivity contribution is 7.99. The van der Waals surface area contributed by atoms with Gasteiger partial charge >= 0.3 is 5.97 Å². The Balaban J connectivity index is 1.39. The second-order valence-electron chi connectivity index (χ2n) is 6.58. The molecule has 0 fully saturated rings. The minimum absolute atomic E-state index is 0.0281. The molecule has 0 aliphatic heterocycles. The van der Waals surface area contributed by atoms with Crippen LogP contribution in [0.3, 0.4) is 0 Å². The molecule has 1 amide bonds. The summed E-state index contributed by atoms with van der Waals surface area (Å²) in [6.45, 7) is -0.336. The standard InChI is InChI=1S/C24H20ClNO4S/c25-18-6-10-20(11-7-18)31-21-12-8-19(9-13-21)26-23(28)14-15-24(29)30-16-22(27)17-4-2-1-3-5-17/h1-13H,14-16H2,(H,26,28). The third-order valence-electron chi connectivity index (χ3n) is 4.20. The van der Waals surface area contributed by atoms with Crippen molar-refractivity contribution in [3.63, 3.8) is 0 Å². The summed E-state index contributed by atoms with van der Waals surface area (Å²) in [7, 11) is 0. The number of hydrogen-bond donors (Lipinski definition) is 1. The van der Waals surface area contributed by atoms with E-state index in [1.54, 1.807) is 54.2 Å². The van der Waals surface area contributed by atoms with Crippen LogP contribution in [0, 0.1) is 0 Å². The number of hydrogen-bond acceptors (Lipinski definition) is 5. The van der Waals surface area contributed by atoms with Gasteiger partial charge in [0.15, 0.2) is 12.4 Å². The van der Waals surface area contributed by atoms with Crippen molar-refractivity contribution in [3.8, 4) is 0 Å². The Kier molecular flexibility index (Phi) is 8.27. The van der Waals surface area contributed by atoms with E-state index >= 15 is 0 Å². The van der Waals surface area contributed by atoms with Crippen LogP contribution < -0.4 is 5.32 Å². The Bertz CT molecular complexity index is 1040. The van der Waals surface area contributed by atoms with Gasteiger partial charge in [-0.2, -0.15) is 0 Å². The fourth-order valence-corrected chi connectivity index (χ4v) is 3.55. The highest BCUT2D eigenvalue weighted by Crippen LogP contribution is 2.29. The van der Waals surface area contributed by atoms with Crippen LogP contribution in [0.1, 0.15) is 23.2 Å². The van der Waals surface area contributed by atoms with Crippen LogP contribution in [0.5, 0.6) is 0 Å². The monoisotopic (exact) mass is 453 g/mol. The van der Waals surface area contributed by atoms with E-state index in [2.05, 4.69) is 5.32 Å². The Morgan fingerprint density at radius 1 is 0.806 bits per heavy atom. The highest BCUT2D eigenvalue weighted by atomic mass is 35.5. The van der Waals surface area contributed by atoms with E-state index in [-0.39, 0.29) is 31.1 Å². The van der Waals surface area contributed by atoms with Crippen LogP contribution >= 0.6 is 23.4 Å². The first kappa shape index (κ1) is 22.6. The molecule has 158 valence electrons. The summed E-state index contributed by atoms with van der Waals surface area (Å²) >= 11 is 7.48. The lowest BCUT2D eigenvalue weighted by atomic mass is 10.1. The van der Waals surface area contributed by atoms with E-state index in [4.69, 9.17) is 16.3 Å². The lowest BCUT2D eigenvalue weighted by molar-refractivity contribution is -0.143. The number of carbonyl (C=O) groups excluding carboxylic acids is 3. The van der Waals surface area contributed by atoms with E-state index < -0.39 is 5.97 Å². The van der Waals surface area contributed by atoms with Gasteiger partial charge < -0.3 is 10.1 Å². The Labute approximate surface area is 189 Å². The molecule has 31 heavy (non-hydrogen) atoms. The van der Waals surface area contributed by atoms with Crippen LogP contribution in [0.4, 0.5) is 5.69 Å². The van der Waals surface area contributed by atoms with Gasteiger partial charge in [-0.25, -0.2) is 0 Å². The van der Waals surface area contributed by atoms with Gasteiger partial charge in [-0.05, 0) is 48.5 Å². The van der Waals surface area contributed by atoms with Crippen molar-refractivity contribution in [3.05, 3.63) is 89.4 Å². The second-order valence-corrected chi connectivity index (χ2v) is 8.16. The maximum absolute atomic E-state index is 12.1. The third kappa shape index (κ3) is 7.59. The molecule has 0 bridgehead atoms. The molecule has 3 aromatic rings. The zero-order valence-electron chi connectivity index (χ0n) is 16.5. The van der Waals surface area contributed by atoms with Gasteiger partial charge in [0.2, 0.25) is 5.91 Å². The first-order valence-corrected chi connectivity index (χ1v) is 10.8. The first-order valence-electron chi connectivity index (χ1n) is 9.57. The molecule has 0 heterocycles. The quantitative estimate of drug-likeness (QED) is 0.335. The minimum atomic E-state index is -0.589. The molecular formula is C24H20ClNO4S. The molecule has 7 heteroatoms. The normalized spacial score (nSPS) is 10.4. The molecule has 1 N–H and O–H groups in total. The summed E-state index contributed by atoms with van der Waals surface area (Å²) in [4.78, 5) is 37.9. The fourth-order valence-electron chi connectivity index (χ4n) is 2.61. The van der Waals surface area contributed by atoms with Crippen molar-refractivity contribution >= 4 is 46.7 Å². The van der Waals surface area contributed by atoms with Crippen LogP contribution in [0.15, 0.2) is 88.7 Å². The van der Waals surface area contributed by atoms with Crippen molar-refractivity contribution in [2.24, 2.45) is 0 Å². The fraction of sp³-hybridized carbons (Fsp3) is 0.125. The zero-order valence-corrected chi connectivity index (χ0v) is 18.1. The summed E-state index contributed by atoms with van der Waals surface area (Å²) in [5.74, 6) is -1.17. The predicted molar refractivity (Wildman–Crippen MR) is 122 cm³/mol. The molecule has 0 saturated carbocycles. The number of esters is 1. The molecule has 0 radical (unpaired) electrons. The highest BCUT2D eigenvalue weighted by Gasteiger charge is 2.12. The lowest BCUT2D eigenvalue weighted by Gasteiger charge is -2.07.